The minimum atomic E-state index is 0.154. The van der Waals surface area contributed by atoms with Crippen molar-refractivity contribution in [2.24, 2.45) is 0 Å². The van der Waals surface area contributed by atoms with Gasteiger partial charge >= 0.3 is 0 Å². The maximum absolute atomic E-state index is 6.06. The Hall–Kier alpha value is -0.380. The molecule has 0 N–H and O–H groups in total. The molecular weight excluding hydrogens is 248 g/mol. The standard InChI is InChI=1S/C14H18OS2/c1-10-9-12(14(16-2)17-3)13(15-10)11-7-5-4-6-8-11/h4-8,10,13H,9H2,1-3H3/t10-,13-/m0/s1. The van der Waals surface area contributed by atoms with E-state index in [2.05, 4.69) is 49.8 Å². The zero-order chi connectivity index (χ0) is 12.3. The third-order valence-electron chi connectivity index (χ3n) is 2.93. The molecule has 1 nitrogen and oxygen atoms in total. The van der Waals surface area contributed by atoms with Crippen molar-refractivity contribution in [3.05, 3.63) is 45.7 Å². The molecule has 1 aliphatic rings. The van der Waals surface area contributed by atoms with Crippen LogP contribution in [0.15, 0.2) is 40.1 Å². The largest absolute Gasteiger partial charge is 0.366 e. The van der Waals surface area contributed by atoms with E-state index in [-0.39, 0.29) is 6.10 Å². The predicted molar refractivity (Wildman–Crippen MR) is 78.4 cm³/mol. The molecule has 3 heteroatoms. The second-order valence-electron chi connectivity index (χ2n) is 4.16. The maximum Gasteiger partial charge on any atom is 0.106 e. The van der Waals surface area contributed by atoms with Crippen LogP contribution in [0.25, 0.3) is 0 Å². The Morgan fingerprint density at radius 1 is 1.18 bits per heavy atom. The van der Waals surface area contributed by atoms with Crippen LogP contribution in [0.4, 0.5) is 0 Å². The molecule has 17 heavy (non-hydrogen) atoms. The Morgan fingerprint density at radius 2 is 1.82 bits per heavy atom. The van der Waals surface area contributed by atoms with Gasteiger partial charge in [0.1, 0.15) is 6.10 Å². The van der Waals surface area contributed by atoms with E-state index in [1.54, 1.807) is 0 Å². The summed E-state index contributed by atoms with van der Waals surface area (Å²) in [5.74, 6) is 0. The molecule has 0 radical (unpaired) electrons. The van der Waals surface area contributed by atoms with Crippen LogP contribution in [-0.4, -0.2) is 18.6 Å². The summed E-state index contributed by atoms with van der Waals surface area (Å²) in [6, 6.07) is 10.5. The minimum Gasteiger partial charge on any atom is -0.366 e. The van der Waals surface area contributed by atoms with Gasteiger partial charge in [0, 0.05) is 4.24 Å². The Balaban J connectivity index is 2.35. The zero-order valence-corrected chi connectivity index (χ0v) is 12.1. The molecule has 0 aliphatic carbocycles. The van der Waals surface area contributed by atoms with Crippen LogP contribution in [0.5, 0.6) is 0 Å². The van der Waals surface area contributed by atoms with Gasteiger partial charge in [-0.2, -0.15) is 0 Å². The van der Waals surface area contributed by atoms with Crippen molar-refractivity contribution in [1.82, 2.24) is 0 Å². The van der Waals surface area contributed by atoms with E-state index in [1.165, 1.54) is 15.4 Å². The average molecular weight is 266 g/mol. The van der Waals surface area contributed by atoms with Crippen LogP contribution >= 0.6 is 23.5 Å². The van der Waals surface area contributed by atoms with Gasteiger partial charge in [0.15, 0.2) is 0 Å². The molecule has 1 aromatic rings. The topological polar surface area (TPSA) is 9.23 Å². The molecule has 0 aromatic heterocycles. The summed E-state index contributed by atoms with van der Waals surface area (Å²) in [6.07, 6.45) is 5.82. The highest BCUT2D eigenvalue weighted by Crippen LogP contribution is 2.44. The third kappa shape index (κ3) is 2.90. The quantitative estimate of drug-likeness (QED) is 0.798. The lowest BCUT2D eigenvalue weighted by Gasteiger charge is -2.15. The fourth-order valence-electron chi connectivity index (χ4n) is 2.22. The van der Waals surface area contributed by atoms with E-state index in [4.69, 9.17) is 4.74 Å². The highest BCUT2D eigenvalue weighted by atomic mass is 32.2. The number of ether oxygens (including phenoxy) is 1. The normalized spacial score (nSPS) is 24.1. The first-order valence-electron chi connectivity index (χ1n) is 5.77. The van der Waals surface area contributed by atoms with Crippen molar-refractivity contribution in [3.8, 4) is 0 Å². The van der Waals surface area contributed by atoms with Crippen LogP contribution in [0.3, 0.4) is 0 Å². The fourth-order valence-corrected chi connectivity index (χ4v) is 3.79. The average Bonchev–Trinajstić information content (AvgIpc) is 2.74. The van der Waals surface area contributed by atoms with Gasteiger partial charge in [-0.15, -0.1) is 23.5 Å². The molecule has 0 spiro atoms. The van der Waals surface area contributed by atoms with E-state index in [0.29, 0.717) is 6.10 Å². The summed E-state index contributed by atoms with van der Waals surface area (Å²) in [7, 11) is 0. The van der Waals surface area contributed by atoms with Gasteiger partial charge in [0.25, 0.3) is 0 Å². The molecule has 0 bridgehead atoms. The molecule has 1 saturated heterocycles. The van der Waals surface area contributed by atoms with E-state index in [9.17, 15) is 0 Å². The molecule has 92 valence electrons. The lowest BCUT2D eigenvalue weighted by atomic mass is 10.0. The van der Waals surface area contributed by atoms with Gasteiger partial charge in [0.05, 0.1) is 6.10 Å². The lowest BCUT2D eigenvalue weighted by molar-refractivity contribution is 0.0638. The number of rotatable bonds is 3. The van der Waals surface area contributed by atoms with E-state index < -0.39 is 0 Å². The summed E-state index contributed by atoms with van der Waals surface area (Å²) >= 11 is 3.66. The predicted octanol–water partition coefficient (Wildman–Crippen LogP) is 4.47. The molecule has 0 unspecified atom stereocenters. The third-order valence-corrected chi connectivity index (χ3v) is 5.19. The van der Waals surface area contributed by atoms with Crippen LogP contribution in [0.1, 0.15) is 25.0 Å². The van der Waals surface area contributed by atoms with Gasteiger partial charge in [-0.05, 0) is 37.0 Å². The lowest BCUT2D eigenvalue weighted by Crippen LogP contribution is -2.01. The summed E-state index contributed by atoms with van der Waals surface area (Å²) in [5.41, 5.74) is 2.72. The minimum absolute atomic E-state index is 0.154. The van der Waals surface area contributed by atoms with Crippen LogP contribution < -0.4 is 0 Å². The molecule has 1 heterocycles. The van der Waals surface area contributed by atoms with E-state index in [1.807, 2.05) is 23.5 Å². The number of hydrogen-bond donors (Lipinski definition) is 0. The summed E-state index contributed by atoms with van der Waals surface area (Å²) in [6.45, 7) is 2.15. The first-order valence-corrected chi connectivity index (χ1v) is 8.22. The molecule has 1 fully saturated rings. The first kappa shape index (κ1) is 13.1. The Labute approximate surface area is 112 Å². The van der Waals surface area contributed by atoms with E-state index >= 15 is 0 Å². The van der Waals surface area contributed by atoms with Crippen molar-refractivity contribution >= 4 is 23.5 Å². The summed E-state index contributed by atoms with van der Waals surface area (Å²) in [5, 5.41) is 0. The highest BCUT2D eigenvalue weighted by molar-refractivity contribution is 8.21. The van der Waals surface area contributed by atoms with E-state index in [0.717, 1.165) is 6.42 Å². The van der Waals surface area contributed by atoms with Crippen molar-refractivity contribution in [1.29, 1.82) is 0 Å². The van der Waals surface area contributed by atoms with Crippen LogP contribution in [0, 0.1) is 0 Å². The maximum atomic E-state index is 6.06. The van der Waals surface area contributed by atoms with Gasteiger partial charge in [-0.25, -0.2) is 0 Å². The molecular formula is C14H18OS2. The zero-order valence-electron chi connectivity index (χ0n) is 10.5. The van der Waals surface area contributed by atoms with Crippen molar-refractivity contribution in [2.45, 2.75) is 25.6 Å². The van der Waals surface area contributed by atoms with Crippen LogP contribution in [0.2, 0.25) is 0 Å². The second-order valence-corrected chi connectivity index (χ2v) is 6.05. The van der Waals surface area contributed by atoms with Gasteiger partial charge in [-0.3, -0.25) is 0 Å². The highest BCUT2D eigenvalue weighted by Gasteiger charge is 2.30. The smallest absolute Gasteiger partial charge is 0.106 e. The van der Waals surface area contributed by atoms with Crippen molar-refractivity contribution in [2.75, 3.05) is 12.5 Å². The Morgan fingerprint density at radius 3 is 2.41 bits per heavy atom. The van der Waals surface area contributed by atoms with Gasteiger partial charge in [0.2, 0.25) is 0 Å². The number of hydrogen-bond acceptors (Lipinski definition) is 3. The molecule has 0 saturated carbocycles. The molecule has 2 rings (SSSR count). The van der Waals surface area contributed by atoms with Crippen molar-refractivity contribution in [3.63, 3.8) is 0 Å². The fraction of sp³-hybridized carbons (Fsp3) is 0.429. The summed E-state index contributed by atoms with van der Waals surface area (Å²) in [4.78, 5) is 0. The van der Waals surface area contributed by atoms with Crippen LogP contribution in [-0.2, 0) is 4.74 Å². The Bertz CT molecular complexity index is 394. The summed E-state index contributed by atoms with van der Waals surface area (Å²) < 4.78 is 7.47. The number of thioether (sulfide) groups is 2. The molecule has 2 atom stereocenters. The Kier molecular flexibility index (Phi) is 4.60. The first-order chi connectivity index (χ1) is 8.26. The van der Waals surface area contributed by atoms with Crippen molar-refractivity contribution < 1.29 is 4.74 Å². The molecule has 1 aromatic carbocycles. The number of benzene rings is 1. The molecule has 0 amide bonds. The monoisotopic (exact) mass is 266 g/mol. The second kappa shape index (κ2) is 5.98. The molecule has 1 aliphatic heterocycles. The SMILES string of the molecule is CSC(SC)=C1C[C@H](C)O[C@H]1c1ccccc1. The van der Waals surface area contributed by atoms with Gasteiger partial charge in [-0.1, -0.05) is 30.3 Å². The van der Waals surface area contributed by atoms with Gasteiger partial charge < -0.3 is 4.74 Å².